The van der Waals surface area contributed by atoms with E-state index in [1.54, 1.807) is 0 Å². The molecule has 1 heteroatoms. The lowest BCUT2D eigenvalue weighted by molar-refractivity contribution is -0.120. The van der Waals surface area contributed by atoms with E-state index >= 15 is 0 Å². The van der Waals surface area contributed by atoms with Crippen LogP contribution in [-0.2, 0) is 0 Å². The Morgan fingerprint density at radius 2 is 1.79 bits per heavy atom. The minimum atomic E-state index is -0.560. The van der Waals surface area contributed by atoms with Gasteiger partial charge in [-0.05, 0) is 98.2 Å². The highest BCUT2D eigenvalue weighted by molar-refractivity contribution is 5.21. The summed E-state index contributed by atoms with van der Waals surface area (Å²) in [7, 11) is 0. The monoisotopic (exact) mass is 398 g/mol. The van der Waals surface area contributed by atoms with Gasteiger partial charge in [-0.2, -0.15) is 0 Å². The fraction of sp³-hybridized carbons (Fsp3) is 0.857. The maximum atomic E-state index is 12.2. The topological polar surface area (TPSA) is 20.2 Å². The molecule has 2 saturated carbocycles. The summed E-state index contributed by atoms with van der Waals surface area (Å²) < 4.78 is 0. The van der Waals surface area contributed by atoms with Crippen LogP contribution in [0.15, 0.2) is 24.3 Å². The highest BCUT2D eigenvalue weighted by Crippen LogP contribution is 2.63. The van der Waals surface area contributed by atoms with Crippen molar-refractivity contribution in [3.8, 4) is 0 Å². The first-order valence-corrected chi connectivity index (χ1v) is 12.9. The van der Waals surface area contributed by atoms with Gasteiger partial charge in [0.25, 0.3) is 0 Å². The molecule has 0 aliphatic heterocycles. The van der Waals surface area contributed by atoms with Crippen molar-refractivity contribution < 1.29 is 5.11 Å². The molecular weight excluding hydrogens is 352 g/mol. The lowest BCUT2D eigenvalue weighted by Gasteiger charge is -2.54. The molecule has 0 radical (unpaired) electrons. The summed E-state index contributed by atoms with van der Waals surface area (Å²) >= 11 is 0. The molecule has 0 bridgehead atoms. The first kappa shape index (κ1) is 21.7. The van der Waals surface area contributed by atoms with Crippen molar-refractivity contribution in [3.63, 3.8) is 0 Å². The molecule has 0 aromatic rings. The van der Waals surface area contributed by atoms with Crippen LogP contribution in [0.1, 0.15) is 98.3 Å². The fourth-order valence-corrected chi connectivity index (χ4v) is 8.15. The molecule has 8 atom stereocenters. The second-order valence-electron chi connectivity index (χ2n) is 11.9. The predicted molar refractivity (Wildman–Crippen MR) is 124 cm³/mol. The zero-order valence-electron chi connectivity index (χ0n) is 19.6. The van der Waals surface area contributed by atoms with Gasteiger partial charge >= 0.3 is 0 Å². The van der Waals surface area contributed by atoms with Crippen molar-refractivity contribution in [1.29, 1.82) is 0 Å². The van der Waals surface area contributed by atoms with E-state index in [2.05, 4.69) is 52.0 Å². The van der Waals surface area contributed by atoms with E-state index in [1.165, 1.54) is 70.6 Å². The van der Waals surface area contributed by atoms with E-state index < -0.39 is 5.60 Å². The zero-order valence-corrected chi connectivity index (χ0v) is 19.6. The molecule has 1 nitrogen and oxygen atoms in total. The Kier molecular flexibility index (Phi) is 6.37. The molecule has 0 unspecified atom stereocenters. The van der Waals surface area contributed by atoms with E-state index in [0.717, 1.165) is 23.7 Å². The summed E-state index contributed by atoms with van der Waals surface area (Å²) in [5.41, 5.74) is -0.233. The Balaban J connectivity index is 1.53. The summed E-state index contributed by atoms with van der Waals surface area (Å²) in [6, 6.07) is 0. The second-order valence-corrected chi connectivity index (χ2v) is 11.9. The quantitative estimate of drug-likeness (QED) is 0.474. The minimum Gasteiger partial charge on any atom is -0.385 e. The van der Waals surface area contributed by atoms with Crippen LogP contribution >= 0.6 is 0 Å². The van der Waals surface area contributed by atoms with Crippen molar-refractivity contribution in [3.05, 3.63) is 24.3 Å². The molecule has 4 rings (SSSR count). The van der Waals surface area contributed by atoms with E-state index in [0.29, 0.717) is 23.2 Å². The third-order valence-corrected chi connectivity index (χ3v) is 9.86. The number of hydrogen-bond donors (Lipinski definition) is 1. The molecular formula is C28H46O. The van der Waals surface area contributed by atoms with E-state index in [4.69, 9.17) is 0 Å². The molecule has 0 amide bonds. The van der Waals surface area contributed by atoms with Gasteiger partial charge in [0.05, 0.1) is 5.60 Å². The van der Waals surface area contributed by atoms with Gasteiger partial charge < -0.3 is 5.11 Å². The van der Waals surface area contributed by atoms with Gasteiger partial charge in [0.2, 0.25) is 0 Å². The molecule has 4 aliphatic carbocycles. The maximum absolute atomic E-state index is 12.2. The van der Waals surface area contributed by atoms with Crippen molar-refractivity contribution in [2.24, 2.45) is 46.8 Å². The van der Waals surface area contributed by atoms with Crippen LogP contribution in [0, 0.1) is 46.8 Å². The van der Waals surface area contributed by atoms with Gasteiger partial charge in [0, 0.05) is 0 Å². The van der Waals surface area contributed by atoms with Crippen LogP contribution in [0.5, 0.6) is 0 Å². The lowest BCUT2D eigenvalue weighted by atomic mass is 9.53. The minimum absolute atomic E-state index is 0.327. The van der Waals surface area contributed by atoms with Crippen LogP contribution in [0.25, 0.3) is 0 Å². The molecule has 0 aromatic heterocycles. The molecule has 0 spiro atoms. The van der Waals surface area contributed by atoms with Crippen molar-refractivity contribution in [2.45, 2.75) is 104 Å². The number of allylic oxidation sites excluding steroid dienone is 3. The van der Waals surface area contributed by atoms with Gasteiger partial charge in [0.1, 0.15) is 0 Å². The lowest BCUT2D eigenvalue weighted by Crippen LogP contribution is -2.54. The molecule has 2 fully saturated rings. The van der Waals surface area contributed by atoms with Crippen LogP contribution in [0.4, 0.5) is 0 Å². The first-order chi connectivity index (χ1) is 13.8. The molecule has 1 N–H and O–H groups in total. The third kappa shape index (κ3) is 4.02. The average molecular weight is 399 g/mol. The summed E-state index contributed by atoms with van der Waals surface area (Å²) in [5, 5.41) is 12.2. The summed E-state index contributed by atoms with van der Waals surface area (Å²) in [4.78, 5) is 0. The first-order valence-electron chi connectivity index (χ1n) is 12.9. The summed E-state index contributed by atoms with van der Waals surface area (Å²) in [5.74, 6) is 4.74. The number of rotatable bonds is 5. The molecule has 0 heterocycles. The average Bonchev–Trinajstić information content (AvgIpc) is 3.03. The highest BCUT2D eigenvalue weighted by Gasteiger charge is 2.60. The fourth-order valence-electron chi connectivity index (χ4n) is 8.15. The Morgan fingerprint density at radius 1 is 0.966 bits per heavy atom. The third-order valence-electron chi connectivity index (χ3n) is 9.86. The molecule has 164 valence electrons. The molecule has 4 aliphatic rings. The number of aliphatic hydroxyl groups is 1. The maximum Gasteiger partial charge on any atom is 0.0889 e. The predicted octanol–water partition coefficient (Wildman–Crippen LogP) is 7.55. The molecule has 0 aromatic carbocycles. The normalized spacial score (nSPS) is 46.3. The van der Waals surface area contributed by atoms with Crippen molar-refractivity contribution in [2.75, 3.05) is 0 Å². The number of fused-ring (bicyclic) bond motifs is 4. The highest BCUT2D eigenvalue weighted by atomic mass is 16.3. The standard InChI is InChI=1S/C28H46O/c1-20(2)8-7-9-21(3)25-14-15-26-27(25,4)18-17-24-13-12-22-10-5-6-11-23(22)16-19-28(24,26)29/h6,11,16,19-26,29H,5,7-10,12-15,17-18H2,1-4H3/b19-16-/t21-,22+,23+,24-,25-,26-,27-,28+/m1/s1. The number of hydrogen-bond acceptors (Lipinski definition) is 1. The Bertz CT molecular complexity index is 618. The van der Waals surface area contributed by atoms with Crippen LogP contribution < -0.4 is 0 Å². The second kappa shape index (κ2) is 8.52. The van der Waals surface area contributed by atoms with Gasteiger partial charge in [-0.15, -0.1) is 0 Å². The Labute approximate surface area is 180 Å². The van der Waals surface area contributed by atoms with E-state index in [-0.39, 0.29) is 0 Å². The van der Waals surface area contributed by atoms with Gasteiger partial charge in [0.15, 0.2) is 0 Å². The SMILES string of the molecule is CC(C)CCC[C@@H](C)[C@H]1CC[C@H]2[C@]3(O)/C=C\[C@@H]4C=CCC[C@H]4CC[C@@H]3CC[C@]12C. The largest absolute Gasteiger partial charge is 0.385 e. The van der Waals surface area contributed by atoms with Crippen LogP contribution in [0.2, 0.25) is 0 Å². The van der Waals surface area contributed by atoms with Crippen molar-refractivity contribution >= 4 is 0 Å². The Morgan fingerprint density at radius 3 is 2.59 bits per heavy atom. The van der Waals surface area contributed by atoms with Gasteiger partial charge in [-0.1, -0.05) is 71.3 Å². The Hall–Kier alpha value is -0.560. The van der Waals surface area contributed by atoms with Gasteiger partial charge in [-0.25, -0.2) is 0 Å². The summed E-state index contributed by atoms with van der Waals surface area (Å²) in [6.07, 6.45) is 23.9. The molecule has 0 saturated heterocycles. The van der Waals surface area contributed by atoms with Gasteiger partial charge in [-0.3, -0.25) is 0 Å². The summed E-state index contributed by atoms with van der Waals surface area (Å²) in [6.45, 7) is 9.77. The van der Waals surface area contributed by atoms with Crippen molar-refractivity contribution in [1.82, 2.24) is 0 Å². The van der Waals surface area contributed by atoms with Crippen LogP contribution in [0.3, 0.4) is 0 Å². The zero-order chi connectivity index (χ0) is 20.6. The van der Waals surface area contributed by atoms with Crippen LogP contribution in [-0.4, -0.2) is 10.7 Å². The van der Waals surface area contributed by atoms with E-state index in [1.807, 2.05) is 0 Å². The smallest absolute Gasteiger partial charge is 0.0889 e. The molecule has 29 heavy (non-hydrogen) atoms. The van der Waals surface area contributed by atoms with E-state index in [9.17, 15) is 5.11 Å².